The maximum Gasteiger partial charge on any atom is 0.258 e. The second kappa shape index (κ2) is 6.06. The zero-order chi connectivity index (χ0) is 16.6. The van der Waals surface area contributed by atoms with Crippen molar-refractivity contribution in [2.75, 3.05) is 6.61 Å². The molecule has 1 aliphatic rings. The summed E-state index contributed by atoms with van der Waals surface area (Å²) in [5.41, 5.74) is 0.884. The Morgan fingerprint density at radius 1 is 1.30 bits per heavy atom. The van der Waals surface area contributed by atoms with Crippen molar-refractivity contribution in [3.05, 3.63) is 30.2 Å². The number of sulfonamides is 1. The Balaban J connectivity index is 1.85. The molecule has 0 aliphatic carbocycles. The molecule has 1 fully saturated rings. The summed E-state index contributed by atoms with van der Waals surface area (Å²) in [5.74, 6) is 0. The minimum Gasteiger partial charge on any atom is -0.370 e. The van der Waals surface area contributed by atoms with Crippen molar-refractivity contribution in [3.63, 3.8) is 0 Å². The maximum absolute atomic E-state index is 12.6. The lowest BCUT2D eigenvalue weighted by Crippen LogP contribution is -2.38. The molecule has 0 bridgehead atoms. The first-order valence-corrected chi connectivity index (χ1v) is 9.04. The molecular formula is C14H21N5O3S. The van der Waals surface area contributed by atoms with E-state index in [-0.39, 0.29) is 23.2 Å². The number of ether oxygens (including phenoxy) is 1. The SMILES string of the molecule is CC(C)n1nccc1[C@H]1OCC[C@@H]1NS(=O)(=O)c1ccnn1C. The summed E-state index contributed by atoms with van der Waals surface area (Å²) >= 11 is 0. The number of nitrogens with zero attached hydrogens (tertiary/aromatic N) is 4. The molecule has 0 unspecified atom stereocenters. The number of nitrogens with one attached hydrogen (secondary N) is 1. The van der Waals surface area contributed by atoms with Gasteiger partial charge in [-0.15, -0.1) is 0 Å². The lowest BCUT2D eigenvalue weighted by atomic mass is 10.1. The molecule has 0 amide bonds. The van der Waals surface area contributed by atoms with Crippen molar-refractivity contribution in [2.24, 2.45) is 7.05 Å². The fraction of sp³-hybridized carbons (Fsp3) is 0.571. The molecule has 3 heterocycles. The van der Waals surface area contributed by atoms with E-state index in [2.05, 4.69) is 14.9 Å². The highest BCUT2D eigenvalue weighted by Crippen LogP contribution is 2.31. The van der Waals surface area contributed by atoms with Gasteiger partial charge < -0.3 is 4.74 Å². The zero-order valence-electron chi connectivity index (χ0n) is 13.4. The quantitative estimate of drug-likeness (QED) is 0.878. The number of hydrogen-bond acceptors (Lipinski definition) is 5. The monoisotopic (exact) mass is 339 g/mol. The van der Waals surface area contributed by atoms with E-state index in [1.54, 1.807) is 13.2 Å². The van der Waals surface area contributed by atoms with E-state index >= 15 is 0 Å². The van der Waals surface area contributed by atoms with E-state index in [0.717, 1.165) is 5.69 Å². The lowest BCUT2D eigenvalue weighted by Gasteiger charge is -2.22. The van der Waals surface area contributed by atoms with Gasteiger partial charge in [0, 0.05) is 25.9 Å². The first-order valence-electron chi connectivity index (χ1n) is 7.55. The fourth-order valence-corrected chi connectivity index (χ4v) is 4.26. The molecule has 1 aliphatic heterocycles. The van der Waals surface area contributed by atoms with Crippen molar-refractivity contribution in [1.82, 2.24) is 24.3 Å². The highest BCUT2D eigenvalue weighted by Gasteiger charge is 2.36. The molecule has 1 saturated heterocycles. The molecule has 0 aromatic carbocycles. The standard InChI is InChI=1S/C14H21N5O3S/c1-10(2)19-12(4-7-16-19)14-11(6-9-22-14)17-23(20,21)13-5-8-15-18(13)3/h4-5,7-8,10-11,14,17H,6,9H2,1-3H3/t11-,14-/m0/s1. The minimum atomic E-state index is -3.65. The van der Waals surface area contributed by atoms with Crippen LogP contribution in [0.2, 0.25) is 0 Å². The number of aromatic nitrogens is 4. The van der Waals surface area contributed by atoms with Gasteiger partial charge in [-0.3, -0.25) is 9.36 Å². The van der Waals surface area contributed by atoms with Gasteiger partial charge in [-0.25, -0.2) is 13.1 Å². The van der Waals surface area contributed by atoms with Crippen molar-refractivity contribution < 1.29 is 13.2 Å². The Kier molecular flexibility index (Phi) is 4.26. The summed E-state index contributed by atoms with van der Waals surface area (Å²) in [6, 6.07) is 3.20. The molecule has 2 aromatic rings. The number of rotatable bonds is 5. The van der Waals surface area contributed by atoms with Crippen LogP contribution in [0.5, 0.6) is 0 Å². The van der Waals surface area contributed by atoms with E-state index < -0.39 is 10.0 Å². The Labute approximate surface area is 135 Å². The average Bonchev–Trinajstić information content (AvgIpc) is 3.16. The van der Waals surface area contributed by atoms with Crippen molar-refractivity contribution in [1.29, 1.82) is 0 Å². The molecule has 1 N–H and O–H groups in total. The van der Waals surface area contributed by atoms with Crippen molar-refractivity contribution in [3.8, 4) is 0 Å². The first kappa shape index (κ1) is 16.2. The van der Waals surface area contributed by atoms with Crippen LogP contribution in [0, 0.1) is 0 Å². The molecule has 0 spiro atoms. The fourth-order valence-electron chi connectivity index (χ4n) is 2.87. The third-order valence-electron chi connectivity index (χ3n) is 3.93. The molecular weight excluding hydrogens is 318 g/mol. The smallest absolute Gasteiger partial charge is 0.258 e. The molecule has 0 radical (unpaired) electrons. The topological polar surface area (TPSA) is 91.0 Å². The van der Waals surface area contributed by atoms with E-state index in [0.29, 0.717) is 13.0 Å². The largest absolute Gasteiger partial charge is 0.370 e. The maximum atomic E-state index is 12.6. The molecule has 23 heavy (non-hydrogen) atoms. The Morgan fingerprint density at radius 3 is 2.70 bits per heavy atom. The van der Waals surface area contributed by atoms with Crippen LogP contribution in [0.1, 0.15) is 38.1 Å². The van der Waals surface area contributed by atoms with Crippen LogP contribution >= 0.6 is 0 Å². The molecule has 2 atom stereocenters. The van der Waals surface area contributed by atoms with Crippen molar-refractivity contribution in [2.45, 2.75) is 43.5 Å². The van der Waals surface area contributed by atoms with E-state index in [9.17, 15) is 8.42 Å². The van der Waals surface area contributed by atoms with E-state index in [4.69, 9.17) is 4.74 Å². The molecule has 0 saturated carbocycles. The highest BCUT2D eigenvalue weighted by atomic mass is 32.2. The van der Waals surface area contributed by atoms with Crippen LogP contribution in [0.3, 0.4) is 0 Å². The van der Waals surface area contributed by atoms with Crippen LogP contribution < -0.4 is 4.72 Å². The van der Waals surface area contributed by atoms with Gasteiger partial charge in [0.05, 0.1) is 17.9 Å². The lowest BCUT2D eigenvalue weighted by molar-refractivity contribution is 0.0938. The van der Waals surface area contributed by atoms with E-state index in [1.165, 1.54) is 16.9 Å². The Hall–Kier alpha value is -1.71. The summed E-state index contributed by atoms with van der Waals surface area (Å²) in [6.45, 7) is 4.56. The third kappa shape index (κ3) is 3.04. The summed E-state index contributed by atoms with van der Waals surface area (Å²) < 4.78 is 36.8. The van der Waals surface area contributed by atoms with Gasteiger partial charge in [0.1, 0.15) is 6.10 Å². The summed E-state index contributed by atoms with van der Waals surface area (Å²) in [6.07, 6.45) is 3.45. The molecule has 8 nitrogen and oxygen atoms in total. The molecule has 3 rings (SSSR count). The molecule has 126 valence electrons. The van der Waals surface area contributed by atoms with Crippen LogP contribution in [-0.2, 0) is 21.8 Å². The number of hydrogen-bond donors (Lipinski definition) is 1. The Bertz CT molecular complexity index is 780. The third-order valence-corrected chi connectivity index (χ3v) is 5.50. The second-order valence-corrected chi connectivity index (χ2v) is 7.56. The number of aryl methyl sites for hydroxylation is 1. The summed E-state index contributed by atoms with van der Waals surface area (Å²) in [5, 5.41) is 8.36. The zero-order valence-corrected chi connectivity index (χ0v) is 14.2. The van der Waals surface area contributed by atoms with Gasteiger partial charge in [-0.1, -0.05) is 0 Å². The average molecular weight is 339 g/mol. The first-order chi connectivity index (χ1) is 10.9. The van der Waals surface area contributed by atoms with E-state index in [1.807, 2.05) is 24.6 Å². The Morgan fingerprint density at radius 2 is 2.04 bits per heavy atom. The van der Waals surface area contributed by atoms with Gasteiger partial charge in [-0.2, -0.15) is 10.2 Å². The van der Waals surface area contributed by atoms with Crippen molar-refractivity contribution >= 4 is 10.0 Å². The normalized spacial score (nSPS) is 22.1. The van der Waals surface area contributed by atoms with Crippen LogP contribution in [0.4, 0.5) is 0 Å². The van der Waals surface area contributed by atoms with Crippen LogP contribution in [0.15, 0.2) is 29.6 Å². The summed E-state index contributed by atoms with van der Waals surface area (Å²) in [7, 11) is -2.05. The minimum absolute atomic E-state index is 0.139. The van der Waals surface area contributed by atoms with Gasteiger partial charge in [0.15, 0.2) is 5.03 Å². The predicted octanol–water partition coefficient (Wildman–Crippen LogP) is 1.01. The van der Waals surface area contributed by atoms with Gasteiger partial charge in [0.25, 0.3) is 10.0 Å². The van der Waals surface area contributed by atoms with Crippen LogP contribution in [-0.4, -0.2) is 40.6 Å². The van der Waals surface area contributed by atoms with Gasteiger partial charge in [0.2, 0.25) is 0 Å². The van der Waals surface area contributed by atoms with Gasteiger partial charge in [-0.05, 0) is 32.4 Å². The molecule has 2 aromatic heterocycles. The predicted molar refractivity (Wildman–Crippen MR) is 83.2 cm³/mol. The van der Waals surface area contributed by atoms with Crippen LogP contribution in [0.25, 0.3) is 0 Å². The molecule has 9 heteroatoms. The summed E-state index contributed by atoms with van der Waals surface area (Å²) in [4.78, 5) is 0. The second-order valence-electron chi connectivity index (χ2n) is 5.90. The highest BCUT2D eigenvalue weighted by molar-refractivity contribution is 7.89. The van der Waals surface area contributed by atoms with Gasteiger partial charge >= 0.3 is 0 Å².